The van der Waals surface area contributed by atoms with Crippen LogP contribution in [0.2, 0.25) is 0 Å². The number of nitrogens with two attached hydrogens (primary N) is 1. The van der Waals surface area contributed by atoms with Crippen LogP contribution >= 0.6 is 0 Å². The smallest absolute Gasteiger partial charge is 0.311 e. The Hall–Kier alpha value is -2.11. The maximum Gasteiger partial charge on any atom is 0.311 e. The van der Waals surface area contributed by atoms with Crippen LogP contribution in [0.1, 0.15) is 38.1 Å². The molecule has 4 N–H and O–H groups in total. The molecule has 5 nitrogen and oxygen atoms in total. The van der Waals surface area contributed by atoms with E-state index in [-0.39, 0.29) is 11.3 Å². The summed E-state index contributed by atoms with van der Waals surface area (Å²) in [6.07, 6.45) is 0. The Morgan fingerprint density at radius 3 is 2.25 bits per heavy atom. The summed E-state index contributed by atoms with van der Waals surface area (Å²) < 4.78 is 13.7. The molecule has 0 bridgehead atoms. The van der Waals surface area contributed by atoms with Gasteiger partial charge < -0.3 is 16.2 Å². The lowest BCUT2D eigenvalue weighted by atomic mass is 9.74. The number of hydrogen-bond donors (Lipinski definition) is 3. The normalized spacial score (nSPS) is 12.1. The molecule has 0 aromatic heterocycles. The van der Waals surface area contributed by atoms with Crippen LogP contribution in [0, 0.1) is 11.2 Å². The van der Waals surface area contributed by atoms with Crippen LogP contribution in [0.25, 0.3) is 0 Å². The van der Waals surface area contributed by atoms with E-state index >= 15 is 0 Å². The highest BCUT2D eigenvalue weighted by Crippen LogP contribution is 2.31. The number of rotatable bonds is 4. The van der Waals surface area contributed by atoms with Crippen LogP contribution in [0.4, 0.5) is 10.1 Å². The molecule has 0 radical (unpaired) electrons. The molecule has 0 atom stereocenters. The van der Waals surface area contributed by atoms with Crippen molar-refractivity contribution in [2.24, 2.45) is 5.41 Å². The molecule has 0 fully saturated rings. The Balaban J connectivity index is 3.03. The number of aliphatic carboxylic acids is 1. The summed E-state index contributed by atoms with van der Waals surface area (Å²) >= 11 is 0. The molecule has 0 spiro atoms. The molecule has 6 heteroatoms. The number of halogens is 1. The molecular weight excluding hydrogens is 263 g/mol. The highest BCUT2D eigenvalue weighted by Gasteiger charge is 2.44. The minimum atomic E-state index is -1.22. The molecule has 1 rings (SSSR count). The zero-order chi connectivity index (χ0) is 15.7. The van der Waals surface area contributed by atoms with Gasteiger partial charge in [-0.05, 0) is 45.9 Å². The number of benzene rings is 1. The predicted octanol–water partition coefficient (Wildman–Crippen LogP) is 2.03. The fraction of sp³-hybridized carbons (Fsp3) is 0.429. The second-order valence-corrected chi connectivity index (χ2v) is 5.75. The Morgan fingerprint density at radius 1 is 1.25 bits per heavy atom. The first-order valence-corrected chi connectivity index (χ1v) is 6.10. The second kappa shape index (κ2) is 5.11. The van der Waals surface area contributed by atoms with Gasteiger partial charge in [-0.25, -0.2) is 4.39 Å². The summed E-state index contributed by atoms with van der Waals surface area (Å²) in [5.74, 6) is -2.48. The van der Waals surface area contributed by atoms with Gasteiger partial charge in [0.1, 0.15) is 5.82 Å². The predicted molar refractivity (Wildman–Crippen MR) is 73.8 cm³/mol. The molecule has 110 valence electrons. The van der Waals surface area contributed by atoms with E-state index in [2.05, 4.69) is 5.32 Å². The summed E-state index contributed by atoms with van der Waals surface area (Å²) in [4.78, 5) is 23.3. The third kappa shape index (κ3) is 2.89. The van der Waals surface area contributed by atoms with E-state index in [1.165, 1.54) is 26.0 Å². The van der Waals surface area contributed by atoms with Gasteiger partial charge in [0.05, 0.1) is 16.5 Å². The Bertz CT molecular complexity index is 553. The van der Waals surface area contributed by atoms with Crippen LogP contribution in [-0.2, 0) is 4.79 Å². The molecule has 1 amide bonds. The average molecular weight is 282 g/mol. The highest BCUT2D eigenvalue weighted by molar-refractivity contribution is 5.95. The van der Waals surface area contributed by atoms with Crippen molar-refractivity contribution in [3.8, 4) is 0 Å². The van der Waals surface area contributed by atoms with Gasteiger partial charge in [-0.3, -0.25) is 9.59 Å². The fourth-order valence-electron chi connectivity index (χ4n) is 1.49. The Kier molecular flexibility index (Phi) is 4.07. The SMILES string of the molecule is CC(C)(NC(=O)c1ccc(N)cc1F)C(C)(C)C(=O)O. The minimum Gasteiger partial charge on any atom is -0.481 e. The number of carboxylic acids is 1. The molecule has 0 saturated carbocycles. The van der Waals surface area contributed by atoms with Crippen LogP contribution in [-0.4, -0.2) is 22.5 Å². The lowest BCUT2D eigenvalue weighted by Crippen LogP contribution is -2.57. The van der Waals surface area contributed by atoms with Crippen molar-refractivity contribution < 1.29 is 19.1 Å². The molecular formula is C14H19FN2O3. The van der Waals surface area contributed by atoms with E-state index in [1.807, 2.05) is 0 Å². The fourth-order valence-corrected chi connectivity index (χ4v) is 1.49. The quantitative estimate of drug-likeness (QED) is 0.737. The van der Waals surface area contributed by atoms with Crippen molar-refractivity contribution in [2.75, 3.05) is 5.73 Å². The summed E-state index contributed by atoms with van der Waals surface area (Å²) in [5.41, 5.74) is 3.17. The number of carbonyl (C=O) groups excluding carboxylic acids is 1. The third-order valence-corrected chi connectivity index (χ3v) is 3.76. The van der Waals surface area contributed by atoms with Crippen molar-refractivity contribution in [3.05, 3.63) is 29.6 Å². The lowest BCUT2D eigenvalue weighted by molar-refractivity contribution is -0.150. The van der Waals surface area contributed by atoms with Crippen molar-refractivity contribution in [1.29, 1.82) is 0 Å². The Morgan fingerprint density at radius 2 is 1.80 bits per heavy atom. The number of amides is 1. The number of nitrogens with one attached hydrogen (secondary N) is 1. The first-order chi connectivity index (χ1) is 8.99. The van der Waals surface area contributed by atoms with Crippen molar-refractivity contribution in [1.82, 2.24) is 5.32 Å². The van der Waals surface area contributed by atoms with Crippen molar-refractivity contribution >= 4 is 17.6 Å². The van der Waals surface area contributed by atoms with Crippen molar-refractivity contribution in [3.63, 3.8) is 0 Å². The number of anilines is 1. The highest BCUT2D eigenvalue weighted by atomic mass is 19.1. The largest absolute Gasteiger partial charge is 0.481 e. The second-order valence-electron chi connectivity index (χ2n) is 5.75. The van der Waals surface area contributed by atoms with E-state index in [0.29, 0.717) is 0 Å². The maximum absolute atomic E-state index is 13.7. The number of hydrogen-bond acceptors (Lipinski definition) is 3. The number of carboxylic acid groups (broad SMARTS) is 1. The van der Waals surface area contributed by atoms with E-state index in [4.69, 9.17) is 5.73 Å². The van der Waals surface area contributed by atoms with Gasteiger partial charge in [0.2, 0.25) is 0 Å². The first-order valence-electron chi connectivity index (χ1n) is 6.10. The summed E-state index contributed by atoms with van der Waals surface area (Å²) in [7, 11) is 0. The molecule has 0 aliphatic rings. The Labute approximate surface area is 117 Å². The zero-order valence-corrected chi connectivity index (χ0v) is 12.0. The summed E-state index contributed by atoms with van der Waals surface area (Å²) in [6.45, 7) is 6.15. The van der Waals surface area contributed by atoms with Gasteiger partial charge in [-0.2, -0.15) is 0 Å². The number of nitrogen functional groups attached to an aromatic ring is 1. The maximum atomic E-state index is 13.7. The molecule has 0 aliphatic carbocycles. The van der Waals surface area contributed by atoms with Gasteiger partial charge in [0.15, 0.2) is 0 Å². The van der Waals surface area contributed by atoms with E-state index in [0.717, 1.165) is 6.07 Å². The standard InChI is InChI=1S/C14H19FN2O3/c1-13(2,12(19)20)14(3,4)17-11(18)9-6-5-8(16)7-10(9)15/h5-7H,16H2,1-4H3,(H,17,18)(H,19,20). The average Bonchev–Trinajstić information content (AvgIpc) is 2.27. The summed E-state index contributed by atoms with van der Waals surface area (Å²) in [6, 6.07) is 3.72. The monoisotopic (exact) mass is 282 g/mol. The number of carbonyl (C=O) groups is 2. The third-order valence-electron chi connectivity index (χ3n) is 3.76. The van der Waals surface area contributed by atoms with Gasteiger partial charge in [0, 0.05) is 5.69 Å². The molecule has 0 heterocycles. The van der Waals surface area contributed by atoms with Gasteiger partial charge in [0.25, 0.3) is 5.91 Å². The van der Waals surface area contributed by atoms with Crippen LogP contribution in [0.5, 0.6) is 0 Å². The lowest BCUT2D eigenvalue weighted by Gasteiger charge is -2.38. The van der Waals surface area contributed by atoms with Gasteiger partial charge >= 0.3 is 5.97 Å². The first kappa shape index (κ1) is 15.9. The molecule has 0 aliphatic heterocycles. The van der Waals surface area contributed by atoms with Crippen LogP contribution in [0.3, 0.4) is 0 Å². The van der Waals surface area contributed by atoms with Crippen LogP contribution < -0.4 is 11.1 Å². The van der Waals surface area contributed by atoms with E-state index in [9.17, 15) is 19.1 Å². The van der Waals surface area contributed by atoms with E-state index < -0.39 is 28.6 Å². The molecule has 1 aromatic carbocycles. The zero-order valence-electron chi connectivity index (χ0n) is 12.0. The minimum absolute atomic E-state index is 0.173. The molecule has 20 heavy (non-hydrogen) atoms. The van der Waals surface area contributed by atoms with E-state index in [1.54, 1.807) is 13.8 Å². The topological polar surface area (TPSA) is 92.4 Å². The van der Waals surface area contributed by atoms with Gasteiger partial charge in [-0.1, -0.05) is 0 Å². The van der Waals surface area contributed by atoms with Crippen molar-refractivity contribution in [2.45, 2.75) is 33.2 Å². The molecule has 0 unspecified atom stereocenters. The van der Waals surface area contributed by atoms with Gasteiger partial charge in [-0.15, -0.1) is 0 Å². The molecule has 1 aromatic rings. The van der Waals surface area contributed by atoms with Crippen LogP contribution in [0.15, 0.2) is 18.2 Å². The summed E-state index contributed by atoms with van der Waals surface area (Å²) in [5, 5.41) is 11.8. The molecule has 0 saturated heterocycles.